The van der Waals surface area contributed by atoms with Crippen molar-refractivity contribution in [3.8, 4) is 0 Å². The van der Waals surface area contributed by atoms with E-state index in [4.69, 9.17) is 9.47 Å². The quantitative estimate of drug-likeness (QED) is 0.873. The van der Waals surface area contributed by atoms with Crippen LogP contribution in [0.15, 0.2) is 36.7 Å². The molecule has 5 nitrogen and oxygen atoms in total. The fraction of sp³-hybridized carbons (Fsp3) is 0.444. The summed E-state index contributed by atoms with van der Waals surface area (Å²) in [6, 6.07) is 7.82. The molecule has 23 heavy (non-hydrogen) atoms. The minimum absolute atomic E-state index is 0.00761. The molecule has 0 spiro atoms. The number of hydrogen-bond acceptors (Lipinski definition) is 4. The number of morpholine rings is 1. The van der Waals surface area contributed by atoms with Crippen LogP contribution in [0.2, 0.25) is 0 Å². The number of ether oxygens (including phenoxy) is 2. The summed E-state index contributed by atoms with van der Waals surface area (Å²) >= 11 is 0. The van der Waals surface area contributed by atoms with Crippen LogP contribution in [0.1, 0.15) is 24.2 Å². The molecule has 0 unspecified atom stereocenters. The third-order valence-corrected chi connectivity index (χ3v) is 4.02. The average Bonchev–Trinajstić information content (AvgIpc) is 2.52. The lowest BCUT2D eigenvalue weighted by Crippen LogP contribution is -2.55. The zero-order valence-electron chi connectivity index (χ0n) is 13.8. The Hall–Kier alpha value is -1.98. The van der Waals surface area contributed by atoms with Crippen LogP contribution in [-0.4, -0.2) is 54.3 Å². The molecule has 122 valence electrons. The molecule has 5 heteroatoms. The van der Waals surface area contributed by atoms with E-state index in [0.717, 1.165) is 10.8 Å². The van der Waals surface area contributed by atoms with Crippen molar-refractivity contribution in [2.75, 3.05) is 26.8 Å². The lowest BCUT2D eigenvalue weighted by atomic mass is 10.0. The number of hydrogen-bond donors (Lipinski definition) is 0. The molecular weight excluding hydrogens is 292 g/mol. The second-order valence-electron chi connectivity index (χ2n) is 6.55. The number of amides is 1. The summed E-state index contributed by atoms with van der Waals surface area (Å²) in [6.07, 6.45) is 3.32. The fourth-order valence-electron chi connectivity index (χ4n) is 3.18. The minimum atomic E-state index is -0.394. The summed E-state index contributed by atoms with van der Waals surface area (Å²) in [5, 5.41) is 1.90. The normalized spacial score (nSPS) is 20.7. The lowest BCUT2D eigenvalue weighted by Gasteiger charge is -2.42. The van der Waals surface area contributed by atoms with Gasteiger partial charge in [0.15, 0.2) is 0 Å². The number of nitrogens with zero attached hydrogens (tertiary/aromatic N) is 2. The van der Waals surface area contributed by atoms with Crippen LogP contribution in [0.3, 0.4) is 0 Å². The first-order valence-corrected chi connectivity index (χ1v) is 7.79. The Labute approximate surface area is 136 Å². The van der Waals surface area contributed by atoms with E-state index < -0.39 is 5.60 Å². The molecule has 3 rings (SSSR count). The first kappa shape index (κ1) is 15.9. The van der Waals surface area contributed by atoms with Crippen molar-refractivity contribution in [2.45, 2.75) is 25.6 Å². The first-order valence-electron chi connectivity index (χ1n) is 7.79. The highest BCUT2D eigenvalue weighted by Crippen LogP contribution is 2.25. The van der Waals surface area contributed by atoms with Crippen molar-refractivity contribution < 1.29 is 14.3 Å². The molecule has 1 aromatic carbocycles. The van der Waals surface area contributed by atoms with Gasteiger partial charge >= 0.3 is 0 Å². The van der Waals surface area contributed by atoms with Gasteiger partial charge in [0.25, 0.3) is 5.91 Å². The Kier molecular flexibility index (Phi) is 4.33. The zero-order chi connectivity index (χ0) is 16.4. The molecule has 0 N–H and O–H groups in total. The lowest BCUT2D eigenvalue weighted by molar-refractivity contribution is -0.143. The van der Waals surface area contributed by atoms with Gasteiger partial charge in [-0.2, -0.15) is 0 Å². The summed E-state index contributed by atoms with van der Waals surface area (Å²) in [5.74, 6) is -0.00761. The van der Waals surface area contributed by atoms with Crippen molar-refractivity contribution in [1.82, 2.24) is 9.88 Å². The molecule has 0 bridgehead atoms. The van der Waals surface area contributed by atoms with Gasteiger partial charge in [0.2, 0.25) is 0 Å². The second kappa shape index (κ2) is 6.26. The number of carbonyl (C=O) groups excluding carboxylic acids is 1. The largest absolute Gasteiger partial charge is 0.382 e. The van der Waals surface area contributed by atoms with Crippen LogP contribution in [0.4, 0.5) is 0 Å². The Morgan fingerprint density at radius 2 is 2.17 bits per heavy atom. The summed E-state index contributed by atoms with van der Waals surface area (Å²) in [6.45, 7) is 5.54. The van der Waals surface area contributed by atoms with Crippen molar-refractivity contribution in [2.24, 2.45) is 0 Å². The predicted molar refractivity (Wildman–Crippen MR) is 88.5 cm³/mol. The van der Waals surface area contributed by atoms with Crippen LogP contribution in [0.5, 0.6) is 0 Å². The second-order valence-corrected chi connectivity index (χ2v) is 6.55. The smallest absolute Gasteiger partial charge is 0.256 e. The molecule has 2 aromatic rings. The average molecular weight is 314 g/mol. The molecule has 1 saturated heterocycles. The maximum absolute atomic E-state index is 13.0. The summed E-state index contributed by atoms with van der Waals surface area (Å²) in [4.78, 5) is 19.1. The molecule has 1 aliphatic heterocycles. The number of pyridine rings is 1. The van der Waals surface area contributed by atoms with E-state index in [0.29, 0.717) is 25.3 Å². The Bertz CT molecular complexity index is 709. The molecular formula is C18H22N2O3. The summed E-state index contributed by atoms with van der Waals surface area (Å²) in [5.41, 5.74) is 0.242. The van der Waals surface area contributed by atoms with E-state index in [2.05, 4.69) is 4.98 Å². The Morgan fingerprint density at radius 3 is 2.96 bits per heavy atom. The van der Waals surface area contributed by atoms with E-state index in [9.17, 15) is 4.79 Å². The number of aromatic nitrogens is 1. The Morgan fingerprint density at radius 1 is 1.39 bits per heavy atom. The Balaban J connectivity index is 1.92. The fourth-order valence-corrected chi connectivity index (χ4v) is 3.18. The van der Waals surface area contributed by atoms with Gasteiger partial charge in [0, 0.05) is 38.0 Å². The molecule has 0 saturated carbocycles. The monoisotopic (exact) mass is 314 g/mol. The summed E-state index contributed by atoms with van der Waals surface area (Å²) in [7, 11) is 1.64. The number of carbonyl (C=O) groups is 1. The van der Waals surface area contributed by atoms with Crippen molar-refractivity contribution in [1.29, 1.82) is 0 Å². The molecule has 1 amide bonds. The van der Waals surface area contributed by atoms with E-state index in [1.807, 2.05) is 43.0 Å². The number of methoxy groups -OCH3 is 1. The van der Waals surface area contributed by atoms with E-state index in [1.54, 1.807) is 19.5 Å². The molecule has 1 fully saturated rings. The molecule has 0 radical (unpaired) electrons. The van der Waals surface area contributed by atoms with Gasteiger partial charge in [-0.25, -0.2) is 0 Å². The predicted octanol–water partition coefficient (Wildman–Crippen LogP) is 2.50. The minimum Gasteiger partial charge on any atom is -0.382 e. The van der Waals surface area contributed by atoms with Gasteiger partial charge in [-0.05, 0) is 19.2 Å². The SMILES string of the molecule is COC[C@@H]1CN(C(=O)c2cncc3ccccc23)CC(C)(C)O1. The van der Waals surface area contributed by atoms with E-state index >= 15 is 0 Å². The van der Waals surface area contributed by atoms with Gasteiger partial charge < -0.3 is 14.4 Å². The summed E-state index contributed by atoms with van der Waals surface area (Å²) < 4.78 is 11.2. The van der Waals surface area contributed by atoms with Gasteiger partial charge in [0.1, 0.15) is 0 Å². The van der Waals surface area contributed by atoms with Crippen LogP contribution in [0.25, 0.3) is 10.8 Å². The maximum atomic E-state index is 13.0. The standard InChI is InChI=1S/C18H22N2O3/c1-18(2)12-20(10-14(23-18)11-22-3)17(21)16-9-19-8-13-6-4-5-7-15(13)16/h4-9,14H,10-12H2,1-3H3/t14-/m0/s1. The third-order valence-electron chi connectivity index (χ3n) is 4.02. The molecule has 1 aromatic heterocycles. The maximum Gasteiger partial charge on any atom is 0.256 e. The highest BCUT2D eigenvalue weighted by atomic mass is 16.5. The van der Waals surface area contributed by atoms with Crippen molar-refractivity contribution in [3.63, 3.8) is 0 Å². The highest BCUT2D eigenvalue weighted by Gasteiger charge is 2.36. The molecule has 0 aliphatic carbocycles. The highest BCUT2D eigenvalue weighted by molar-refractivity contribution is 6.06. The van der Waals surface area contributed by atoms with Crippen molar-refractivity contribution in [3.05, 3.63) is 42.2 Å². The topological polar surface area (TPSA) is 51.7 Å². The molecule has 1 atom stereocenters. The number of rotatable bonds is 3. The van der Waals surface area contributed by atoms with Gasteiger partial charge in [-0.1, -0.05) is 24.3 Å². The van der Waals surface area contributed by atoms with E-state index in [1.165, 1.54) is 0 Å². The molecule has 2 heterocycles. The zero-order valence-corrected chi connectivity index (χ0v) is 13.8. The number of fused-ring (bicyclic) bond motifs is 1. The van der Waals surface area contributed by atoms with Crippen LogP contribution in [0, 0.1) is 0 Å². The van der Waals surface area contributed by atoms with Crippen LogP contribution < -0.4 is 0 Å². The van der Waals surface area contributed by atoms with Gasteiger partial charge in [-0.15, -0.1) is 0 Å². The van der Waals surface area contributed by atoms with Crippen LogP contribution >= 0.6 is 0 Å². The van der Waals surface area contributed by atoms with Gasteiger partial charge in [0.05, 0.1) is 23.9 Å². The first-order chi connectivity index (χ1) is 11.0. The van der Waals surface area contributed by atoms with Crippen LogP contribution in [-0.2, 0) is 9.47 Å². The number of benzene rings is 1. The van der Waals surface area contributed by atoms with E-state index in [-0.39, 0.29) is 12.0 Å². The van der Waals surface area contributed by atoms with Gasteiger partial charge in [-0.3, -0.25) is 9.78 Å². The van der Waals surface area contributed by atoms with Crippen molar-refractivity contribution >= 4 is 16.7 Å². The molecule has 1 aliphatic rings. The third kappa shape index (κ3) is 3.35.